The summed E-state index contributed by atoms with van der Waals surface area (Å²) in [6, 6.07) is 13.3. The molecule has 8 heteroatoms. The number of carbonyl (C=O) groups excluding carboxylic acids is 1. The van der Waals surface area contributed by atoms with Crippen LogP contribution in [0.1, 0.15) is 26.3 Å². The van der Waals surface area contributed by atoms with Gasteiger partial charge in [0.15, 0.2) is 0 Å². The van der Waals surface area contributed by atoms with Crippen LogP contribution in [0.25, 0.3) is 0 Å². The summed E-state index contributed by atoms with van der Waals surface area (Å²) in [7, 11) is -4.09. The molecule has 0 fully saturated rings. The zero-order valence-corrected chi connectivity index (χ0v) is 16.8. The molecule has 7 nitrogen and oxygen atoms in total. The standard InChI is InChI=1S/C20H24N2O5S/c1-14(2)19(20(24)25)22(13-16-7-5-4-6-8-16)28(26,27)18-11-9-17(10-12-18)21-15(3)23/h4-12,14,19H,13H2,1-3H3,(H,21,23)(H,24,25)/t19-/m0/s1. The molecule has 0 heterocycles. The number of nitrogens with zero attached hydrogens (tertiary/aromatic N) is 1. The van der Waals surface area contributed by atoms with E-state index in [1.807, 2.05) is 0 Å². The highest BCUT2D eigenvalue weighted by Gasteiger charge is 2.38. The van der Waals surface area contributed by atoms with Gasteiger partial charge >= 0.3 is 5.97 Å². The van der Waals surface area contributed by atoms with Crippen LogP contribution in [0.3, 0.4) is 0 Å². The zero-order valence-electron chi connectivity index (χ0n) is 16.0. The van der Waals surface area contributed by atoms with E-state index in [2.05, 4.69) is 5.32 Å². The van der Waals surface area contributed by atoms with Gasteiger partial charge in [0.05, 0.1) is 4.90 Å². The third-order valence-corrected chi connectivity index (χ3v) is 6.00. The maximum Gasteiger partial charge on any atom is 0.322 e. The number of rotatable bonds is 8. The number of sulfonamides is 1. The van der Waals surface area contributed by atoms with E-state index in [4.69, 9.17) is 0 Å². The lowest BCUT2D eigenvalue weighted by molar-refractivity contribution is -0.143. The molecule has 1 amide bonds. The lowest BCUT2D eigenvalue weighted by Crippen LogP contribution is -2.47. The van der Waals surface area contributed by atoms with Gasteiger partial charge in [-0.05, 0) is 35.7 Å². The second-order valence-electron chi connectivity index (χ2n) is 6.77. The Morgan fingerprint density at radius 2 is 1.61 bits per heavy atom. The number of benzene rings is 2. The fourth-order valence-corrected chi connectivity index (χ4v) is 4.59. The number of carboxylic acids is 1. The Morgan fingerprint density at radius 3 is 2.07 bits per heavy atom. The predicted molar refractivity (Wildman–Crippen MR) is 106 cm³/mol. The molecule has 0 saturated heterocycles. The zero-order chi connectivity index (χ0) is 20.9. The van der Waals surface area contributed by atoms with E-state index in [1.54, 1.807) is 44.2 Å². The van der Waals surface area contributed by atoms with Gasteiger partial charge in [0, 0.05) is 19.2 Å². The van der Waals surface area contributed by atoms with Crippen molar-refractivity contribution < 1.29 is 23.1 Å². The summed E-state index contributed by atoms with van der Waals surface area (Å²) < 4.78 is 27.6. The summed E-state index contributed by atoms with van der Waals surface area (Å²) in [6.07, 6.45) is 0. The minimum absolute atomic E-state index is 0.0376. The number of anilines is 1. The van der Waals surface area contributed by atoms with Crippen LogP contribution in [0.2, 0.25) is 0 Å². The third-order valence-electron chi connectivity index (χ3n) is 4.16. The van der Waals surface area contributed by atoms with E-state index in [0.29, 0.717) is 11.3 Å². The van der Waals surface area contributed by atoms with Gasteiger partial charge in [-0.1, -0.05) is 44.2 Å². The quantitative estimate of drug-likeness (QED) is 0.704. The SMILES string of the molecule is CC(=O)Nc1ccc(S(=O)(=O)N(Cc2ccccc2)[C@H](C(=O)O)C(C)C)cc1. The van der Waals surface area contributed by atoms with Crippen molar-refractivity contribution >= 4 is 27.6 Å². The van der Waals surface area contributed by atoms with Crippen molar-refractivity contribution in [3.8, 4) is 0 Å². The molecule has 0 aliphatic carbocycles. The van der Waals surface area contributed by atoms with Crippen LogP contribution >= 0.6 is 0 Å². The molecule has 2 aromatic rings. The number of hydrogen-bond acceptors (Lipinski definition) is 4. The molecule has 0 spiro atoms. The number of hydrogen-bond donors (Lipinski definition) is 2. The van der Waals surface area contributed by atoms with Crippen LogP contribution in [0.4, 0.5) is 5.69 Å². The molecule has 0 bridgehead atoms. The fourth-order valence-electron chi connectivity index (χ4n) is 2.89. The van der Waals surface area contributed by atoms with E-state index in [1.165, 1.54) is 31.2 Å². The van der Waals surface area contributed by atoms with E-state index >= 15 is 0 Å². The molecule has 150 valence electrons. The highest BCUT2D eigenvalue weighted by atomic mass is 32.2. The molecular weight excluding hydrogens is 380 g/mol. The molecule has 0 unspecified atom stereocenters. The smallest absolute Gasteiger partial charge is 0.322 e. The molecular formula is C20H24N2O5S. The second-order valence-corrected chi connectivity index (χ2v) is 8.66. The molecule has 0 aromatic heterocycles. The van der Waals surface area contributed by atoms with Gasteiger partial charge in [-0.3, -0.25) is 9.59 Å². The molecule has 2 N–H and O–H groups in total. The minimum atomic E-state index is -4.09. The molecule has 0 aliphatic rings. The lowest BCUT2D eigenvalue weighted by Gasteiger charge is -2.30. The van der Waals surface area contributed by atoms with Gasteiger partial charge in [-0.2, -0.15) is 4.31 Å². The number of amides is 1. The van der Waals surface area contributed by atoms with E-state index in [-0.39, 0.29) is 17.3 Å². The summed E-state index contributed by atoms with van der Waals surface area (Å²) in [5.74, 6) is -1.91. The molecule has 0 aliphatic heterocycles. The Balaban J connectivity index is 2.47. The molecule has 1 atom stereocenters. The average Bonchev–Trinajstić information content (AvgIpc) is 2.61. The Kier molecular flexibility index (Phi) is 6.93. The normalized spacial score (nSPS) is 12.8. The van der Waals surface area contributed by atoms with Crippen LogP contribution in [0, 0.1) is 5.92 Å². The van der Waals surface area contributed by atoms with Crippen LogP contribution in [0.5, 0.6) is 0 Å². The van der Waals surface area contributed by atoms with E-state index in [0.717, 1.165) is 4.31 Å². The Hall–Kier alpha value is -2.71. The van der Waals surface area contributed by atoms with Crippen LogP contribution < -0.4 is 5.32 Å². The van der Waals surface area contributed by atoms with Crippen molar-refractivity contribution in [1.29, 1.82) is 0 Å². The average molecular weight is 404 g/mol. The minimum Gasteiger partial charge on any atom is -0.480 e. The summed E-state index contributed by atoms with van der Waals surface area (Å²) in [5.41, 5.74) is 1.15. The van der Waals surface area contributed by atoms with Crippen LogP contribution in [-0.2, 0) is 26.2 Å². The number of carbonyl (C=O) groups is 2. The first kappa shape index (κ1) is 21.6. The predicted octanol–water partition coefficient (Wildman–Crippen LogP) is 2.95. The first-order valence-electron chi connectivity index (χ1n) is 8.79. The van der Waals surface area contributed by atoms with Crippen molar-refractivity contribution in [2.45, 2.75) is 38.3 Å². The topological polar surface area (TPSA) is 104 Å². The summed E-state index contributed by atoms with van der Waals surface area (Å²) in [5, 5.41) is 12.3. The molecule has 0 saturated carbocycles. The van der Waals surface area contributed by atoms with Crippen LogP contribution in [-0.4, -0.2) is 35.7 Å². The van der Waals surface area contributed by atoms with Crippen molar-refractivity contribution in [1.82, 2.24) is 4.31 Å². The van der Waals surface area contributed by atoms with Gasteiger partial charge in [0.2, 0.25) is 15.9 Å². The van der Waals surface area contributed by atoms with Gasteiger partial charge in [-0.15, -0.1) is 0 Å². The summed E-state index contributed by atoms with van der Waals surface area (Å²) in [6.45, 7) is 4.64. The van der Waals surface area contributed by atoms with Crippen LogP contribution in [0.15, 0.2) is 59.5 Å². The molecule has 0 radical (unpaired) electrons. The number of carboxylic acid groups (broad SMARTS) is 1. The lowest BCUT2D eigenvalue weighted by atomic mass is 10.0. The Morgan fingerprint density at radius 1 is 1.04 bits per heavy atom. The molecule has 28 heavy (non-hydrogen) atoms. The third kappa shape index (κ3) is 5.17. The van der Waals surface area contributed by atoms with Gasteiger partial charge in [-0.25, -0.2) is 8.42 Å². The van der Waals surface area contributed by atoms with Gasteiger partial charge in [0.1, 0.15) is 6.04 Å². The first-order chi connectivity index (χ1) is 13.1. The highest BCUT2D eigenvalue weighted by molar-refractivity contribution is 7.89. The molecule has 2 rings (SSSR count). The van der Waals surface area contributed by atoms with E-state index < -0.39 is 28.0 Å². The first-order valence-corrected chi connectivity index (χ1v) is 10.2. The number of aliphatic carboxylic acids is 1. The maximum absolute atomic E-state index is 13.3. The fraction of sp³-hybridized carbons (Fsp3) is 0.300. The van der Waals surface area contributed by atoms with Gasteiger partial charge < -0.3 is 10.4 Å². The highest BCUT2D eigenvalue weighted by Crippen LogP contribution is 2.26. The second kappa shape index (κ2) is 8.99. The Labute approximate surface area is 165 Å². The summed E-state index contributed by atoms with van der Waals surface area (Å²) >= 11 is 0. The monoisotopic (exact) mass is 404 g/mol. The van der Waals surface area contributed by atoms with Crippen molar-refractivity contribution in [2.24, 2.45) is 5.92 Å². The maximum atomic E-state index is 13.3. The Bertz CT molecular complexity index is 925. The number of nitrogens with one attached hydrogen (secondary N) is 1. The largest absolute Gasteiger partial charge is 0.480 e. The summed E-state index contributed by atoms with van der Waals surface area (Å²) in [4.78, 5) is 23.0. The molecule has 2 aromatic carbocycles. The van der Waals surface area contributed by atoms with E-state index in [9.17, 15) is 23.1 Å². The van der Waals surface area contributed by atoms with Gasteiger partial charge in [0.25, 0.3) is 0 Å². The van der Waals surface area contributed by atoms with Crippen molar-refractivity contribution in [3.05, 3.63) is 60.2 Å². The van der Waals surface area contributed by atoms with Crippen molar-refractivity contribution in [3.63, 3.8) is 0 Å². The van der Waals surface area contributed by atoms with Crippen molar-refractivity contribution in [2.75, 3.05) is 5.32 Å².